The molecule has 0 saturated heterocycles. The van der Waals surface area contributed by atoms with Gasteiger partial charge < -0.3 is 19.3 Å². The molecule has 0 saturated carbocycles. The van der Waals surface area contributed by atoms with Crippen molar-refractivity contribution >= 4 is 29.2 Å². The number of amides is 1. The molecule has 0 aliphatic carbocycles. The molecule has 0 fully saturated rings. The number of carbonyl (C=O) groups excluding carboxylic acids is 1. The zero-order valence-corrected chi connectivity index (χ0v) is 16.4. The fraction of sp³-hybridized carbons (Fsp3) is 0.333. The van der Waals surface area contributed by atoms with E-state index in [0.717, 1.165) is 24.5 Å². The van der Waals surface area contributed by atoms with Gasteiger partial charge in [0.05, 0.1) is 5.75 Å². The number of aromatic nitrogens is 4. The van der Waals surface area contributed by atoms with Crippen LogP contribution >= 0.6 is 11.8 Å². The lowest BCUT2D eigenvalue weighted by atomic mass is 10.2. The average Bonchev–Trinajstić information content (AvgIpc) is 3.31. The molecule has 0 atom stereocenters. The van der Waals surface area contributed by atoms with Crippen molar-refractivity contribution in [2.75, 3.05) is 29.1 Å². The van der Waals surface area contributed by atoms with Gasteiger partial charge in [-0.3, -0.25) is 4.79 Å². The summed E-state index contributed by atoms with van der Waals surface area (Å²) in [6, 6.07) is 9.86. The Bertz CT molecular complexity index is 872. The van der Waals surface area contributed by atoms with Crippen LogP contribution in [0.1, 0.15) is 13.8 Å². The number of rotatable bonds is 8. The van der Waals surface area contributed by atoms with Crippen LogP contribution in [0, 0.1) is 0 Å². The normalized spacial score (nSPS) is 10.8. The minimum atomic E-state index is -0.179. The Kier molecular flexibility index (Phi) is 6.12. The summed E-state index contributed by atoms with van der Waals surface area (Å²) in [5.41, 5.74) is 2.17. The lowest BCUT2D eigenvalue weighted by Gasteiger charge is -2.21. The van der Waals surface area contributed by atoms with Crippen molar-refractivity contribution < 1.29 is 9.32 Å². The minimum Gasteiger partial charge on any atom is -0.372 e. The van der Waals surface area contributed by atoms with Crippen molar-refractivity contribution in [3.63, 3.8) is 0 Å². The predicted molar refractivity (Wildman–Crippen MR) is 106 cm³/mol. The second kappa shape index (κ2) is 8.72. The molecule has 9 heteroatoms. The molecule has 0 radical (unpaired) electrons. The number of thioether (sulfide) groups is 1. The summed E-state index contributed by atoms with van der Waals surface area (Å²) in [5.74, 6) is 1.19. The van der Waals surface area contributed by atoms with Gasteiger partial charge in [-0.15, -0.1) is 10.2 Å². The van der Waals surface area contributed by atoms with Gasteiger partial charge >= 0.3 is 0 Å². The Morgan fingerprint density at radius 3 is 2.56 bits per heavy atom. The van der Waals surface area contributed by atoms with Crippen LogP contribution in [0.4, 0.5) is 11.5 Å². The molecule has 8 nitrogen and oxygen atoms in total. The first-order chi connectivity index (χ1) is 13.1. The van der Waals surface area contributed by atoms with Crippen LogP contribution in [0.2, 0.25) is 0 Å². The molecule has 0 bridgehead atoms. The highest BCUT2D eigenvalue weighted by molar-refractivity contribution is 7.99. The molecule has 0 aliphatic rings. The van der Waals surface area contributed by atoms with Crippen LogP contribution in [0.25, 0.3) is 11.4 Å². The summed E-state index contributed by atoms with van der Waals surface area (Å²) in [6.45, 7) is 6.22. The largest absolute Gasteiger partial charge is 0.372 e. The van der Waals surface area contributed by atoms with Crippen molar-refractivity contribution in [1.82, 2.24) is 19.9 Å². The molecule has 3 aromatic rings. The number of hydrogen-bond donors (Lipinski definition) is 1. The molecular formula is C18H22N6O2S. The van der Waals surface area contributed by atoms with E-state index >= 15 is 0 Å². The highest BCUT2D eigenvalue weighted by Gasteiger charge is 2.14. The maximum Gasteiger partial charge on any atom is 0.236 e. The maximum atomic E-state index is 12.0. The fourth-order valence-corrected chi connectivity index (χ4v) is 3.40. The molecule has 1 amide bonds. The van der Waals surface area contributed by atoms with Crippen LogP contribution in [-0.4, -0.2) is 44.7 Å². The average molecular weight is 386 g/mol. The van der Waals surface area contributed by atoms with Crippen LogP contribution < -0.4 is 10.2 Å². The van der Waals surface area contributed by atoms with E-state index in [0.29, 0.717) is 11.0 Å². The summed E-state index contributed by atoms with van der Waals surface area (Å²) in [7, 11) is 1.89. The topological polar surface area (TPSA) is 89.1 Å². The van der Waals surface area contributed by atoms with Gasteiger partial charge in [0.2, 0.25) is 5.91 Å². The third-order valence-corrected chi connectivity index (χ3v) is 5.15. The lowest BCUT2D eigenvalue weighted by Crippen LogP contribution is -2.21. The predicted octanol–water partition coefficient (Wildman–Crippen LogP) is 3.05. The number of anilines is 2. The molecule has 0 spiro atoms. The molecule has 1 aromatic carbocycles. The molecule has 142 valence electrons. The van der Waals surface area contributed by atoms with Crippen LogP contribution in [0.15, 0.2) is 46.3 Å². The Balaban J connectivity index is 1.65. The van der Waals surface area contributed by atoms with Gasteiger partial charge in [0.1, 0.15) is 6.26 Å². The fourth-order valence-electron chi connectivity index (χ4n) is 2.69. The SMILES string of the molecule is CCN(CC)c1ccc(-c2nnc(SCC(=O)Nc3ccon3)n2C)cc1. The Hall–Kier alpha value is -2.81. The van der Waals surface area contributed by atoms with Crippen molar-refractivity contribution in [3.8, 4) is 11.4 Å². The van der Waals surface area contributed by atoms with E-state index in [1.54, 1.807) is 6.07 Å². The summed E-state index contributed by atoms with van der Waals surface area (Å²) in [5, 5.41) is 15.5. The number of carbonyl (C=O) groups is 1. The molecule has 0 aliphatic heterocycles. The first-order valence-corrected chi connectivity index (χ1v) is 9.68. The van der Waals surface area contributed by atoms with E-state index < -0.39 is 0 Å². The number of hydrogen-bond acceptors (Lipinski definition) is 7. The second-order valence-electron chi connectivity index (χ2n) is 5.81. The molecule has 27 heavy (non-hydrogen) atoms. The van der Waals surface area contributed by atoms with Gasteiger partial charge in [-0.25, -0.2) is 0 Å². The van der Waals surface area contributed by atoms with Crippen molar-refractivity contribution in [3.05, 3.63) is 36.6 Å². The number of nitrogens with zero attached hydrogens (tertiary/aromatic N) is 5. The van der Waals surface area contributed by atoms with Gasteiger partial charge in [-0.05, 0) is 38.1 Å². The van der Waals surface area contributed by atoms with Gasteiger partial charge in [0.15, 0.2) is 16.8 Å². The third-order valence-electron chi connectivity index (χ3n) is 4.13. The third kappa shape index (κ3) is 4.48. The summed E-state index contributed by atoms with van der Waals surface area (Å²) < 4.78 is 6.58. The van der Waals surface area contributed by atoms with E-state index in [9.17, 15) is 4.79 Å². The van der Waals surface area contributed by atoms with Gasteiger partial charge in [-0.1, -0.05) is 16.9 Å². The lowest BCUT2D eigenvalue weighted by molar-refractivity contribution is -0.113. The summed E-state index contributed by atoms with van der Waals surface area (Å²) >= 11 is 1.32. The molecule has 2 aromatic heterocycles. The van der Waals surface area contributed by atoms with E-state index in [1.165, 1.54) is 23.7 Å². The van der Waals surface area contributed by atoms with Gasteiger partial charge in [-0.2, -0.15) is 0 Å². The quantitative estimate of drug-likeness (QED) is 0.595. The monoisotopic (exact) mass is 386 g/mol. The summed E-state index contributed by atoms with van der Waals surface area (Å²) in [4.78, 5) is 14.2. The first-order valence-electron chi connectivity index (χ1n) is 8.70. The smallest absolute Gasteiger partial charge is 0.236 e. The van der Waals surface area contributed by atoms with Crippen LogP contribution in [-0.2, 0) is 11.8 Å². The number of nitrogens with one attached hydrogen (secondary N) is 1. The second-order valence-corrected chi connectivity index (χ2v) is 6.75. The Morgan fingerprint density at radius 2 is 1.93 bits per heavy atom. The van der Waals surface area contributed by atoms with E-state index in [2.05, 4.69) is 56.1 Å². The van der Waals surface area contributed by atoms with Crippen LogP contribution in [0.3, 0.4) is 0 Å². The Labute approximate surface area is 161 Å². The maximum absolute atomic E-state index is 12.0. The minimum absolute atomic E-state index is 0.179. The molecule has 3 rings (SSSR count). The standard InChI is InChI=1S/C18H22N6O2S/c1-4-24(5-2)14-8-6-13(7-9-14)17-20-21-18(23(17)3)27-12-16(25)19-15-10-11-26-22-15/h6-11H,4-5,12H2,1-3H3,(H,19,22,25). The van der Waals surface area contributed by atoms with Gasteiger partial charge in [0, 0.05) is 37.5 Å². The first kappa shape index (κ1) is 19.0. The molecule has 2 heterocycles. The zero-order chi connectivity index (χ0) is 19.2. The van der Waals surface area contributed by atoms with E-state index in [4.69, 9.17) is 0 Å². The van der Waals surface area contributed by atoms with E-state index in [-0.39, 0.29) is 11.7 Å². The van der Waals surface area contributed by atoms with Crippen molar-refractivity contribution in [2.24, 2.45) is 7.05 Å². The van der Waals surface area contributed by atoms with Crippen LogP contribution in [0.5, 0.6) is 0 Å². The van der Waals surface area contributed by atoms with Crippen molar-refractivity contribution in [1.29, 1.82) is 0 Å². The number of benzene rings is 1. The van der Waals surface area contributed by atoms with Gasteiger partial charge in [0.25, 0.3) is 0 Å². The molecule has 1 N–H and O–H groups in total. The summed E-state index contributed by atoms with van der Waals surface area (Å²) in [6.07, 6.45) is 1.41. The van der Waals surface area contributed by atoms with Crippen molar-refractivity contribution in [2.45, 2.75) is 19.0 Å². The highest BCUT2D eigenvalue weighted by atomic mass is 32.2. The Morgan fingerprint density at radius 1 is 1.19 bits per heavy atom. The zero-order valence-electron chi connectivity index (χ0n) is 15.5. The van der Waals surface area contributed by atoms with E-state index in [1.807, 2.05) is 23.7 Å². The highest BCUT2D eigenvalue weighted by Crippen LogP contribution is 2.25. The molecule has 0 unspecified atom stereocenters. The molecular weight excluding hydrogens is 364 g/mol.